The molecule has 17 heavy (non-hydrogen) atoms. The molecule has 1 rings (SSSR count). The fourth-order valence-corrected chi connectivity index (χ4v) is 1.67. The molecule has 0 unspecified atom stereocenters. The Balaban J connectivity index is 2.74. The van der Waals surface area contributed by atoms with Gasteiger partial charge in [0.05, 0.1) is 13.2 Å². The van der Waals surface area contributed by atoms with Gasteiger partial charge in [-0.3, -0.25) is 4.90 Å². The van der Waals surface area contributed by atoms with Gasteiger partial charge in [0.1, 0.15) is 5.82 Å². The molecule has 0 aliphatic rings. The molecule has 1 N–H and O–H groups in total. The van der Waals surface area contributed by atoms with Crippen molar-refractivity contribution in [3.63, 3.8) is 0 Å². The van der Waals surface area contributed by atoms with Crippen molar-refractivity contribution in [3.05, 3.63) is 34.6 Å². The van der Waals surface area contributed by atoms with Crippen LogP contribution in [0.5, 0.6) is 0 Å². The van der Waals surface area contributed by atoms with Crippen LogP contribution in [-0.4, -0.2) is 36.1 Å². The third kappa shape index (κ3) is 4.93. The van der Waals surface area contributed by atoms with Crippen molar-refractivity contribution in [2.24, 2.45) is 0 Å². The van der Waals surface area contributed by atoms with Crippen molar-refractivity contribution in [1.82, 2.24) is 4.90 Å². The van der Waals surface area contributed by atoms with E-state index in [9.17, 15) is 13.2 Å². The lowest BCUT2D eigenvalue weighted by Gasteiger charge is -2.21. The Kier molecular flexibility index (Phi) is 5.74. The second kappa shape index (κ2) is 6.83. The van der Waals surface area contributed by atoms with Crippen molar-refractivity contribution >= 4 is 11.6 Å². The maximum absolute atomic E-state index is 13.4. The van der Waals surface area contributed by atoms with Crippen molar-refractivity contribution < 1.29 is 18.3 Å². The molecule has 1 aromatic carbocycles. The summed E-state index contributed by atoms with van der Waals surface area (Å²) in [6.45, 7) is -0.699. The van der Waals surface area contributed by atoms with Crippen molar-refractivity contribution in [3.8, 4) is 0 Å². The van der Waals surface area contributed by atoms with E-state index in [2.05, 4.69) is 0 Å². The van der Waals surface area contributed by atoms with Gasteiger partial charge in [0.2, 0.25) is 0 Å². The van der Waals surface area contributed by atoms with Crippen molar-refractivity contribution in [2.75, 3.05) is 19.7 Å². The molecule has 0 amide bonds. The zero-order valence-corrected chi connectivity index (χ0v) is 9.80. The molecule has 0 bridgehead atoms. The van der Waals surface area contributed by atoms with Gasteiger partial charge in [-0.1, -0.05) is 11.6 Å². The van der Waals surface area contributed by atoms with E-state index >= 15 is 0 Å². The summed E-state index contributed by atoms with van der Waals surface area (Å²) in [6, 6.07) is 3.98. The molecule has 96 valence electrons. The Morgan fingerprint density at radius 1 is 1.35 bits per heavy atom. The number of aliphatic hydroxyl groups excluding tert-OH is 1. The van der Waals surface area contributed by atoms with Crippen LogP contribution in [0, 0.1) is 5.82 Å². The molecule has 0 radical (unpaired) electrons. The molecule has 6 heteroatoms. The van der Waals surface area contributed by atoms with Gasteiger partial charge in [0, 0.05) is 23.7 Å². The van der Waals surface area contributed by atoms with E-state index in [-0.39, 0.29) is 25.3 Å². The molecular formula is C11H13ClF3NO. The summed E-state index contributed by atoms with van der Waals surface area (Å²) in [4.78, 5) is 1.28. The van der Waals surface area contributed by atoms with Crippen molar-refractivity contribution in [2.45, 2.75) is 13.0 Å². The number of halogens is 4. The minimum Gasteiger partial charge on any atom is -0.395 e. The van der Waals surface area contributed by atoms with Crippen LogP contribution in [0.25, 0.3) is 0 Å². The molecule has 0 saturated heterocycles. The second-order valence-corrected chi connectivity index (χ2v) is 4.02. The molecule has 0 fully saturated rings. The topological polar surface area (TPSA) is 23.5 Å². The summed E-state index contributed by atoms with van der Waals surface area (Å²) < 4.78 is 37.9. The summed E-state index contributed by atoms with van der Waals surface area (Å²) in [6.07, 6.45) is -2.52. The average molecular weight is 268 g/mol. The van der Waals surface area contributed by atoms with E-state index in [0.717, 1.165) is 0 Å². The third-order valence-corrected chi connectivity index (χ3v) is 2.45. The summed E-state index contributed by atoms with van der Waals surface area (Å²) >= 11 is 5.70. The first-order chi connectivity index (χ1) is 8.02. The number of aliphatic hydroxyl groups is 1. The van der Waals surface area contributed by atoms with E-state index in [1.54, 1.807) is 0 Å². The predicted molar refractivity (Wildman–Crippen MR) is 59.8 cm³/mol. The quantitative estimate of drug-likeness (QED) is 0.856. The number of hydrogen-bond acceptors (Lipinski definition) is 2. The maximum atomic E-state index is 13.4. The van der Waals surface area contributed by atoms with Gasteiger partial charge in [-0.15, -0.1) is 0 Å². The average Bonchev–Trinajstić information content (AvgIpc) is 2.23. The highest BCUT2D eigenvalue weighted by Gasteiger charge is 2.14. The molecule has 0 aliphatic carbocycles. The normalized spacial score (nSPS) is 11.5. The molecule has 0 spiro atoms. The van der Waals surface area contributed by atoms with Crippen molar-refractivity contribution in [1.29, 1.82) is 0 Å². The monoisotopic (exact) mass is 267 g/mol. The lowest BCUT2D eigenvalue weighted by molar-refractivity contribution is 0.0741. The van der Waals surface area contributed by atoms with E-state index in [1.165, 1.54) is 23.1 Å². The number of hydrogen-bond donors (Lipinski definition) is 1. The fraction of sp³-hybridized carbons (Fsp3) is 0.455. The van der Waals surface area contributed by atoms with Gasteiger partial charge < -0.3 is 5.11 Å². The third-order valence-electron chi connectivity index (χ3n) is 2.21. The van der Waals surface area contributed by atoms with Crippen LogP contribution in [0.3, 0.4) is 0 Å². The van der Waals surface area contributed by atoms with Crippen LogP contribution in [0.4, 0.5) is 13.2 Å². The SMILES string of the molecule is OCCN(Cc1cc(Cl)ccc1F)CC(F)F. The zero-order chi connectivity index (χ0) is 12.8. The Labute approximate surface area is 103 Å². The second-order valence-electron chi connectivity index (χ2n) is 3.59. The lowest BCUT2D eigenvalue weighted by atomic mass is 10.2. The molecular weight excluding hydrogens is 255 g/mol. The Bertz CT molecular complexity index is 363. The molecule has 0 atom stereocenters. The molecule has 2 nitrogen and oxygen atoms in total. The summed E-state index contributed by atoms with van der Waals surface area (Å²) in [5.74, 6) is -0.494. The highest BCUT2D eigenvalue weighted by molar-refractivity contribution is 6.30. The minimum atomic E-state index is -2.52. The maximum Gasteiger partial charge on any atom is 0.251 e. The smallest absolute Gasteiger partial charge is 0.251 e. The first-order valence-corrected chi connectivity index (χ1v) is 5.46. The molecule has 0 saturated carbocycles. The van der Waals surface area contributed by atoms with Crippen LogP contribution in [0.15, 0.2) is 18.2 Å². The minimum absolute atomic E-state index is 0.00269. The van der Waals surface area contributed by atoms with E-state index < -0.39 is 18.8 Å². The first kappa shape index (κ1) is 14.3. The lowest BCUT2D eigenvalue weighted by Crippen LogP contribution is -2.31. The van der Waals surface area contributed by atoms with Gasteiger partial charge in [0.15, 0.2) is 0 Å². The van der Waals surface area contributed by atoms with Gasteiger partial charge in [0.25, 0.3) is 6.43 Å². The van der Waals surface area contributed by atoms with E-state index in [0.29, 0.717) is 5.02 Å². The predicted octanol–water partition coefficient (Wildman–Crippen LogP) is 2.54. The fourth-order valence-electron chi connectivity index (χ4n) is 1.48. The number of rotatable bonds is 6. The van der Waals surface area contributed by atoms with Gasteiger partial charge in [-0.2, -0.15) is 0 Å². The van der Waals surface area contributed by atoms with Crippen LogP contribution in [-0.2, 0) is 6.54 Å². The molecule has 0 aromatic heterocycles. The molecule has 0 heterocycles. The van der Waals surface area contributed by atoms with Crippen LogP contribution >= 0.6 is 11.6 Å². The van der Waals surface area contributed by atoms with Gasteiger partial charge in [-0.05, 0) is 18.2 Å². The number of nitrogens with zero attached hydrogens (tertiary/aromatic N) is 1. The molecule has 1 aromatic rings. The first-order valence-electron chi connectivity index (χ1n) is 5.08. The summed E-state index contributed by atoms with van der Waals surface area (Å²) in [7, 11) is 0. The summed E-state index contributed by atoms with van der Waals surface area (Å²) in [5.41, 5.74) is 0.242. The molecule has 0 aliphatic heterocycles. The van der Waals surface area contributed by atoms with Crippen LogP contribution < -0.4 is 0 Å². The van der Waals surface area contributed by atoms with Crippen LogP contribution in [0.2, 0.25) is 5.02 Å². The van der Waals surface area contributed by atoms with E-state index in [4.69, 9.17) is 16.7 Å². The Morgan fingerprint density at radius 2 is 2.06 bits per heavy atom. The number of alkyl halides is 2. The number of benzene rings is 1. The van der Waals surface area contributed by atoms with Crippen LogP contribution in [0.1, 0.15) is 5.56 Å². The standard InChI is InChI=1S/C11H13ClF3NO/c12-9-1-2-10(13)8(5-9)6-16(3-4-17)7-11(14)15/h1-2,5,11,17H,3-4,6-7H2. The Hall–Kier alpha value is -0.780. The van der Waals surface area contributed by atoms with E-state index in [1.807, 2.05) is 0 Å². The Morgan fingerprint density at radius 3 is 2.65 bits per heavy atom. The largest absolute Gasteiger partial charge is 0.395 e. The van der Waals surface area contributed by atoms with Gasteiger partial charge in [-0.25, -0.2) is 13.2 Å². The highest BCUT2D eigenvalue weighted by atomic mass is 35.5. The van der Waals surface area contributed by atoms with Gasteiger partial charge >= 0.3 is 0 Å². The summed E-state index contributed by atoms with van der Waals surface area (Å²) in [5, 5.41) is 9.09. The highest BCUT2D eigenvalue weighted by Crippen LogP contribution is 2.17. The zero-order valence-electron chi connectivity index (χ0n) is 9.04.